The minimum atomic E-state index is -0.105. The molecule has 2 aromatic rings. The molecule has 0 atom stereocenters. The van der Waals surface area contributed by atoms with Crippen molar-refractivity contribution in [3.63, 3.8) is 0 Å². The normalized spacial score (nSPS) is 13.4. The highest BCUT2D eigenvalue weighted by Crippen LogP contribution is 2.20. The molecule has 1 aliphatic carbocycles. The third kappa shape index (κ3) is 4.12. The zero-order valence-electron chi connectivity index (χ0n) is 13.5. The lowest BCUT2D eigenvalue weighted by molar-refractivity contribution is -0.123. The van der Waals surface area contributed by atoms with Crippen LogP contribution in [0, 0.1) is 6.92 Å². The lowest BCUT2D eigenvalue weighted by Crippen LogP contribution is -2.32. The van der Waals surface area contributed by atoms with E-state index in [9.17, 15) is 4.79 Å². The van der Waals surface area contributed by atoms with Gasteiger partial charge in [0.25, 0.3) is 5.91 Å². The molecule has 1 aromatic heterocycles. The van der Waals surface area contributed by atoms with E-state index in [0.29, 0.717) is 18.8 Å². The molecule has 1 aliphatic rings. The average molecular weight is 313 g/mol. The Kier molecular flexibility index (Phi) is 4.95. The molecule has 0 radical (unpaired) electrons. The van der Waals surface area contributed by atoms with Crippen LogP contribution in [0.2, 0.25) is 0 Å². The predicted molar refractivity (Wildman–Crippen MR) is 88.6 cm³/mol. The number of hydrogen-bond donors (Lipinski definition) is 1. The molecule has 0 saturated carbocycles. The number of carbonyl (C=O) groups excluding carboxylic acids is 1. The van der Waals surface area contributed by atoms with Crippen LogP contribution < -0.4 is 10.1 Å². The fourth-order valence-corrected chi connectivity index (χ4v) is 2.88. The molecule has 0 saturated heterocycles. The number of nitrogens with one attached hydrogen (secondary N) is 1. The van der Waals surface area contributed by atoms with Crippen LogP contribution in [0.1, 0.15) is 29.7 Å². The van der Waals surface area contributed by atoms with Crippen molar-refractivity contribution in [1.82, 2.24) is 15.1 Å². The van der Waals surface area contributed by atoms with Crippen molar-refractivity contribution in [3.05, 3.63) is 47.3 Å². The van der Waals surface area contributed by atoms with Gasteiger partial charge in [0.15, 0.2) is 6.61 Å². The number of aryl methyl sites for hydroxylation is 2. The zero-order valence-corrected chi connectivity index (χ0v) is 13.5. The molecule has 0 spiro atoms. The molecule has 5 nitrogen and oxygen atoms in total. The number of amides is 1. The first kappa shape index (κ1) is 15.6. The number of hydrogen-bond acceptors (Lipinski definition) is 3. The van der Waals surface area contributed by atoms with Crippen molar-refractivity contribution < 1.29 is 9.53 Å². The molecule has 3 rings (SSSR count). The number of nitrogens with zero attached hydrogens (tertiary/aromatic N) is 2. The summed E-state index contributed by atoms with van der Waals surface area (Å²) in [6.07, 6.45) is 6.68. The minimum Gasteiger partial charge on any atom is -0.484 e. The maximum Gasteiger partial charge on any atom is 0.258 e. The van der Waals surface area contributed by atoms with E-state index in [4.69, 9.17) is 4.74 Å². The Morgan fingerprint density at radius 3 is 2.87 bits per heavy atom. The predicted octanol–water partition coefficient (Wildman–Crippen LogP) is 2.27. The van der Waals surface area contributed by atoms with Gasteiger partial charge in [0.1, 0.15) is 5.75 Å². The molecule has 122 valence electrons. The van der Waals surface area contributed by atoms with Crippen molar-refractivity contribution in [2.45, 2.75) is 39.2 Å². The van der Waals surface area contributed by atoms with E-state index >= 15 is 0 Å². The van der Waals surface area contributed by atoms with Gasteiger partial charge in [0.05, 0.1) is 12.7 Å². The lowest BCUT2D eigenvalue weighted by atomic mass is 9.98. The van der Waals surface area contributed by atoms with Gasteiger partial charge in [-0.2, -0.15) is 5.10 Å². The van der Waals surface area contributed by atoms with E-state index in [0.717, 1.165) is 12.8 Å². The van der Waals surface area contributed by atoms with E-state index in [2.05, 4.69) is 10.4 Å². The molecule has 23 heavy (non-hydrogen) atoms. The number of carbonyl (C=O) groups is 1. The standard InChI is InChI=1S/C18H23N3O2/c1-14-6-8-16(9-7-14)23-13-18(22)19-10-11-21-17-5-3-2-4-15(17)12-20-21/h6-9,12H,2-5,10-11,13H2,1H3,(H,19,22). The number of fused-ring (bicyclic) bond motifs is 1. The van der Waals surface area contributed by atoms with Gasteiger partial charge in [-0.1, -0.05) is 17.7 Å². The Morgan fingerprint density at radius 1 is 1.26 bits per heavy atom. The molecular formula is C18H23N3O2. The smallest absolute Gasteiger partial charge is 0.258 e. The van der Waals surface area contributed by atoms with E-state index in [-0.39, 0.29) is 12.5 Å². The van der Waals surface area contributed by atoms with Crippen LogP contribution in [0.5, 0.6) is 5.75 Å². The zero-order chi connectivity index (χ0) is 16.1. The van der Waals surface area contributed by atoms with E-state index in [1.54, 1.807) is 0 Å². The van der Waals surface area contributed by atoms with Crippen LogP contribution in [0.25, 0.3) is 0 Å². The number of rotatable bonds is 6. The summed E-state index contributed by atoms with van der Waals surface area (Å²) in [5, 5.41) is 7.32. The van der Waals surface area contributed by atoms with Gasteiger partial charge in [0.2, 0.25) is 0 Å². The van der Waals surface area contributed by atoms with Crippen LogP contribution in [0.3, 0.4) is 0 Å². The summed E-state index contributed by atoms with van der Waals surface area (Å²) in [4.78, 5) is 11.8. The molecule has 0 aliphatic heterocycles. The van der Waals surface area contributed by atoms with E-state index in [1.165, 1.54) is 29.7 Å². The summed E-state index contributed by atoms with van der Waals surface area (Å²) >= 11 is 0. The fraction of sp³-hybridized carbons (Fsp3) is 0.444. The van der Waals surface area contributed by atoms with Crippen molar-refractivity contribution in [3.8, 4) is 5.75 Å². The summed E-state index contributed by atoms with van der Waals surface area (Å²) in [6, 6.07) is 7.68. The highest BCUT2D eigenvalue weighted by molar-refractivity contribution is 5.77. The third-order valence-electron chi connectivity index (χ3n) is 4.18. The van der Waals surface area contributed by atoms with Gasteiger partial charge in [-0.05, 0) is 50.3 Å². The van der Waals surface area contributed by atoms with Crippen LogP contribution in [-0.2, 0) is 24.2 Å². The van der Waals surface area contributed by atoms with Crippen LogP contribution in [0.4, 0.5) is 0 Å². The molecule has 1 N–H and O–H groups in total. The maximum absolute atomic E-state index is 11.8. The number of benzene rings is 1. The highest BCUT2D eigenvalue weighted by Gasteiger charge is 2.14. The van der Waals surface area contributed by atoms with Gasteiger partial charge < -0.3 is 10.1 Å². The average Bonchev–Trinajstić information content (AvgIpc) is 2.98. The molecule has 1 aromatic carbocycles. The highest BCUT2D eigenvalue weighted by atomic mass is 16.5. The molecular weight excluding hydrogens is 290 g/mol. The first-order valence-corrected chi connectivity index (χ1v) is 8.22. The van der Waals surface area contributed by atoms with Gasteiger partial charge in [0, 0.05) is 12.2 Å². The first-order valence-electron chi connectivity index (χ1n) is 8.22. The SMILES string of the molecule is Cc1ccc(OCC(=O)NCCn2ncc3c2CCCC3)cc1. The summed E-state index contributed by atoms with van der Waals surface area (Å²) in [5.41, 5.74) is 3.87. The second-order valence-electron chi connectivity index (χ2n) is 6.00. The van der Waals surface area contributed by atoms with Crippen molar-refractivity contribution in [2.24, 2.45) is 0 Å². The van der Waals surface area contributed by atoms with Crippen LogP contribution >= 0.6 is 0 Å². The minimum absolute atomic E-state index is 0.0419. The molecule has 0 unspecified atom stereocenters. The second-order valence-corrected chi connectivity index (χ2v) is 6.00. The largest absolute Gasteiger partial charge is 0.484 e. The quantitative estimate of drug-likeness (QED) is 0.890. The van der Waals surface area contributed by atoms with E-state index in [1.807, 2.05) is 42.1 Å². The van der Waals surface area contributed by atoms with Gasteiger partial charge in [-0.25, -0.2) is 0 Å². The number of ether oxygens (including phenoxy) is 1. The van der Waals surface area contributed by atoms with Crippen LogP contribution in [0.15, 0.2) is 30.5 Å². The topological polar surface area (TPSA) is 56.1 Å². The monoisotopic (exact) mass is 313 g/mol. The number of aromatic nitrogens is 2. The summed E-state index contributed by atoms with van der Waals surface area (Å²) in [6.45, 7) is 3.35. The van der Waals surface area contributed by atoms with Crippen molar-refractivity contribution in [1.29, 1.82) is 0 Å². The van der Waals surface area contributed by atoms with Crippen LogP contribution in [-0.4, -0.2) is 28.8 Å². The Balaban J connectivity index is 1.41. The fourth-order valence-electron chi connectivity index (χ4n) is 2.88. The summed E-state index contributed by atoms with van der Waals surface area (Å²) in [5.74, 6) is 0.610. The molecule has 1 heterocycles. The van der Waals surface area contributed by atoms with Gasteiger partial charge in [-0.15, -0.1) is 0 Å². The van der Waals surface area contributed by atoms with Gasteiger partial charge >= 0.3 is 0 Å². The first-order chi connectivity index (χ1) is 11.2. The Labute approximate surface area is 136 Å². The third-order valence-corrected chi connectivity index (χ3v) is 4.18. The Morgan fingerprint density at radius 2 is 2.04 bits per heavy atom. The Hall–Kier alpha value is -2.30. The van der Waals surface area contributed by atoms with Gasteiger partial charge in [-0.3, -0.25) is 9.48 Å². The van der Waals surface area contributed by atoms with E-state index < -0.39 is 0 Å². The molecule has 0 bridgehead atoms. The summed E-state index contributed by atoms with van der Waals surface area (Å²) < 4.78 is 7.49. The molecule has 5 heteroatoms. The lowest BCUT2D eigenvalue weighted by Gasteiger charge is -2.14. The maximum atomic E-state index is 11.8. The Bertz CT molecular complexity index is 661. The molecule has 1 amide bonds. The summed E-state index contributed by atoms with van der Waals surface area (Å²) in [7, 11) is 0. The van der Waals surface area contributed by atoms with Crippen molar-refractivity contribution >= 4 is 5.91 Å². The second kappa shape index (κ2) is 7.31. The molecule has 0 fully saturated rings. The van der Waals surface area contributed by atoms with Crippen molar-refractivity contribution in [2.75, 3.05) is 13.2 Å².